The second kappa shape index (κ2) is 13.3. The molecule has 1 aliphatic heterocycles. The van der Waals surface area contributed by atoms with Crippen LogP contribution in [0.2, 0.25) is 0 Å². The first-order valence-corrected chi connectivity index (χ1v) is 17.4. The third-order valence-corrected chi connectivity index (χ3v) is 9.64. The molecule has 1 aromatic heterocycles. The van der Waals surface area contributed by atoms with E-state index in [0.717, 1.165) is 57.3 Å². The van der Waals surface area contributed by atoms with E-state index in [1.165, 1.54) is 0 Å². The Kier molecular flexibility index (Phi) is 8.85. The van der Waals surface area contributed by atoms with Gasteiger partial charge in [0.2, 0.25) is 0 Å². The molecule has 2 atom stereocenters. The Labute approximate surface area is 294 Å². The van der Waals surface area contributed by atoms with Crippen LogP contribution < -0.4 is 14.2 Å². The predicted molar refractivity (Wildman–Crippen MR) is 197 cm³/mol. The van der Waals surface area contributed by atoms with E-state index in [1.807, 2.05) is 83.5 Å². The van der Waals surface area contributed by atoms with Crippen molar-refractivity contribution >= 4 is 17.3 Å². The number of ketones is 1. The molecule has 1 saturated carbocycles. The van der Waals surface area contributed by atoms with E-state index >= 15 is 0 Å². The molecule has 0 bridgehead atoms. The van der Waals surface area contributed by atoms with Gasteiger partial charge in [0.15, 0.2) is 17.3 Å². The highest BCUT2D eigenvalue weighted by atomic mass is 16.5. The first-order valence-electron chi connectivity index (χ1n) is 17.4. The van der Waals surface area contributed by atoms with Crippen molar-refractivity contribution in [2.24, 2.45) is 16.3 Å². The van der Waals surface area contributed by atoms with Gasteiger partial charge >= 0.3 is 0 Å². The van der Waals surface area contributed by atoms with Crippen molar-refractivity contribution in [1.82, 2.24) is 9.78 Å². The number of aliphatic imine (C=N–C) groups is 1. The number of hydrogen-bond acceptors (Lipinski definition) is 6. The molecule has 1 fully saturated rings. The topological polar surface area (TPSA) is 74.9 Å². The summed E-state index contributed by atoms with van der Waals surface area (Å²) in [5.41, 5.74) is 6.30. The van der Waals surface area contributed by atoms with Crippen molar-refractivity contribution in [3.8, 4) is 22.9 Å². The minimum atomic E-state index is -0.400. The molecule has 7 rings (SSSR count). The number of ether oxygens (including phenoxy) is 3. The third-order valence-electron chi connectivity index (χ3n) is 9.64. The van der Waals surface area contributed by atoms with Gasteiger partial charge in [0.05, 0.1) is 24.4 Å². The summed E-state index contributed by atoms with van der Waals surface area (Å²) < 4.78 is 20.3. The lowest BCUT2D eigenvalue weighted by Crippen LogP contribution is -2.42. The molecule has 7 heteroatoms. The maximum atomic E-state index is 14.3. The van der Waals surface area contributed by atoms with Gasteiger partial charge in [0.1, 0.15) is 24.7 Å². The highest BCUT2D eigenvalue weighted by molar-refractivity contribution is 6.11. The van der Waals surface area contributed by atoms with Gasteiger partial charge in [0.25, 0.3) is 0 Å². The van der Waals surface area contributed by atoms with E-state index in [9.17, 15) is 4.79 Å². The third kappa shape index (κ3) is 6.69. The van der Waals surface area contributed by atoms with Gasteiger partial charge in [0, 0.05) is 29.0 Å². The molecule has 1 aliphatic carbocycles. The Balaban J connectivity index is 1.39. The Bertz CT molecular complexity index is 2020. The molecule has 0 amide bonds. The molecular weight excluding hydrogens is 622 g/mol. The number of carbonyl (C=O) groups is 1. The van der Waals surface area contributed by atoms with E-state index in [-0.39, 0.29) is 22.5 Å². The van der Waals surface area contributed by atoms with Crippen molar-refractivity contribution in [2.45, 2.75) is 72.0 Å². The SMILES string of the molecule is COc1ccc(-n2nc(C(C)(C)C)c3c2N=C2CC(C)(C)CC(=O)C2C3c2ccc(OCc3ccccc3)c(OCc3ccccc3)c2)cc1. The standard InChI is InChI=1S/C43H45N3O4/c1-42(2,3)40-39-37(30-17-22-35(49-26-28-13-9-7-10-14-28)36(23-30)50-27-29-15-11-8-12-16-29)38-33(24-43(4,5)25-34(38)47)44-41(39)46(45-40)31-18-20-32(48-6)21-19-31/h7-23,37-38H,24-27H2,1-6H3. The van der Waals surface area contributed by atoms with E-state index < -0.39 is 5.92 Å². The zero-order valence-electron chi connectivity index (χ0n) is 29.8. The quantitative estimate of drug-likeness (QED) is 0.157. The van der Waals surface area contributed by atoms with Gasteiger partial charge in [-0.2, -0.15) is 5.10 Å². The first-order chi connectivity index (χ1) is 24.0. The van der Waals surface area contributed by atoms with Crippen LogP contribution in [-0.4, -0.2) is 28.4 Å². The summed E-state index contributed by atoms with van der Waals surface area (Å²) in [6, 6.07) is 34.3. The highest BCUT2D eigenvalue weighted by Gasteiger charge is 2.49. The molecule has 50 heavy (non-hydrogen) atoms. The van der Waals surface area contributed by atoms with Crippen LogP contribution in [0.4, 0.5) is 5.82 Å². The summed E-state index contributed by atoms with van der Waals surface area (Å²) in [4.78, 5) is 19.6. The largest absolute Gasteiger partial charge is 0.497 e. The fourth-order valence-corrected chi connectivity index (χ4v) is 7.27. The average Bonchev–Trinajstić information content (AvgIpc) is 3.49. The van der Waals surface area contributed by atoms with Gasteiger partial charge < -0.3 is 14.2 Å². The molecule has 5 aromatic rings. The van der Waals surface area contributed by atoms with Crippen LogP contribution in [0.3, 0.4) is 0 Å². The second-order valence-corrected chi connectivity index (χ2v) is 15.2. The monoisotopic (exact) mass is 667 g/mol. The number of aromatic nitrogens is 2. The molecule has 0 radical (unpaired) electrons. The second-order valence-electron chi connectivity index (χ2n) is 15.2. The van der Waals surface area contributed by atoms with Crippen LogP contribution in [0.1, 0.15) is 81.3 Å². The molecule has 4 aromatic carbocycles. The molecule has 256 valence electrons. The number of hydrogen-bond donors (Lipinski definition) is 0. The highest BCUT2D eigenvalue weighted by Crippen LogP contribution is 2.53. The molecular formula is C43H45N3O4. The first kappa shape index (κ1) is 33.3. The molecule has 0 spiro atoms. The van der Waals surface area contributed by atoms with E-state index in [2.05, 4.69) is 58.9 Å². The Morgan fingerprint density at radius 3 is 2.00 bits per heavy atom. The summed E-state index contributed by atoms with van der Waals surface area (Å²) in [6.45, 7) is 11.6. The van der Waals surface area contributed by atoms with Crippen LogP contribution >= 0.6 is 0 Å². The molecule has 2 aliphatic rings. The lowest BCUT2D eigenvalue weighted by molar-refractivity contribution is -0.124. The number of carbonyl (C=O) groups excluding carboxylic acids is 1. The van der Waals surface area contributed by atoms with Crippen molar-refractivity contribution in [1.29, 1.82) is 0 Å². The minimum absolute atomic E-state index is 0.189. The van der Waals surface area contributed by atoms with Crippen molar-refractivity contribution in [2.75, 3.05) is 7.11 Å². The van der Waals surface area contributed by atoms with Crippen LogP contribution in [0.5, 0.6) is 17.2 Å². The van der Waals surface area contributed by atoms with Gasteiger partial charge in [-0.05, 0) is 64.9 Å². The van der Waals surface area contributed by atoms with Gasteiger partial charge in [-0.3, -0.25) is 4.79 Å². The Hall–Kier alpha value is -5.17. The number of rotatable bonds is 9. The van der Waals surface area contributed by atoms with Crippen LogP contribution in [-0.2, 0) is 23.4 Å². The van der Waals surface area contributed by atoms with E-state index in [1.54, 1.807) is 7.11 Å². The molecule has 2 heterocycles. The lowest BCUT2D eigenvalue weighted by atomic mass is 9.63. The summed E-state index contributed by atoms with van der Waals surface area (Å²) in [7, 11) is 1.66. The summed E-state index contributed by atoms with van der Waals surface area (Å²) in [6.07, 6.45) is 1.23. The number of benzene rings is 4. The van der Waals surface area contributed by atoms with Crippen molar-refractivity contribution < 1.29 is 19.0 Å². The number of methoxy groups -OCH3 is 1. The maximum absolute atomic E-state index is 14.3. The number of nitrogens with zero attached hydrogens (tertiary/aromatic N) is 3. The van der Waals surface area contributed by atoms with Crippen molar-refractivity contribution in [3.05, 3.63) is 131 Å². The Morgan fingerprint density at radius 1 is 0.780 bits per heavy atom. The van der Waals surface area contributed by atoms with Gasteiger partial charge in [-0.25, -0.2) is 9.67 Å². The minimum Gasteiger partial charge on any atom is -0.497 e. The van der Waals surface area contributed by atoms with Crippen LogP contribution in [0.15, 0.2) is 108 Å². The normalized spacial score (nSPS) is 18.1. The van der Waals surface area contributed by atoms with E-state index in [4.69, 9.17) is 24.3 Å². The Morgan fingerprint density at radius 2 is 1.40 bits per heavy atom. The maximum Gasteiger partial charge on any atom is 0.161 e. The van der Waals surface area contributed by atoms with Gasteiger partial charge in [-0.15, -0.1) is 0 Å². The number of fused-ring (bicyclic) bond motifs is 2. The summed E-state index contributed by atoms with van der Waals surface area (Å²) in [5.74, 6) is 2.35. The molecule has 2 unspecified atom stereocenters. The summed E-state index contributed by atoms with van der Waals surface area (Å²) >= 11 is 0. The molecule has 0 N–H and O–H groups in total. The average molecular weight is 668 g/mol. The van der Waals surface area contributed by atoms with Gasteiger partial charge in [-0.1, -0.05) is 101 Å². The lowest BCUT2D eigenvalue weighted by Gasteiger charge is -2.41. The zero-order chi connectivity index (χ0) is 35.0. The zero-order valence-corrected chi connectivity index (χ0v) is 29.8. The predicted octanol–water partition coefficient (Wildman–Crippen LogP) is 9.56. The van der Waals surface area contributed by atoms with Crippen LogP contribution in [0, 0.1) is 11.3 Å². The van der Waals surface area contributed by atoms with E-state index in [0.29, 0.717) is 31.1 Å². The molecule has 0 saturated heterocycles. The fourth-order valence-electron chi connectivity index (χ4n) is 7.27. The summed E-state index contributed by atoms with van der Waals surface area (Å²) in [5, 5.41) is 5.26. The number of Topliss-reactive ketones (excluding diaryl/α,β-unsaturated/α-hetero) is 1. The van der Waals surface area contributed by atoms with Crippen molar-refractivity contribution in [3.63, 3.8) is 0 Å². The van der Waals surface area contributed by atoms with Crippen LogP contribution in [0.25, 0.3) is 5.69 Å². The molecule has 7 nitrogen and oxygen atoms in total. The fraction of sp³-hybridized carbons (Fsp3) is 0.326. The smallest absolute Gasteiger partial charge is 0.161 e.